The first kappa shape index (κ1) is 14.5. The molecule has 4 heteroatoms. The average Bonchev–Trinajstić information content (AvgIpc) is 3.21. The lowest BCUT2D eigenvalue weighted by Gasteiger charge is -2.36. The van der Waals surface area contributed by atoms with Gasteiger partial charge >= 0.3 is 5.97 Å². The number of benzene rings is 1. The van der Waals surface area contributed by atoms with Crippen molar-refractivity contribution in [2.45, 2.75) is 37.7 Å². The van der Waals surface area contributed by atoms with Gasteiger partial charge < -0.3 is 15.2 Å². The Labute approximate surface area is 125 Å². The molecule has 3 rings (SSSR count). The number of hydrogen-bond donors (Lipinski definition) is 2. The molecule has 2 atom stereocenters. The first-order chi connectivity index (χ1) is 10.2. The number of carbonyl (C=O) groups excluding carboxylic acids is 1. The van der Waals surface area contributed by atoms with E-state index < -0.39 is 11.6 Å². The summed E-state index contributed by atoms with van der Waals surface area (Å²) in [4.78, 5) is 12.7. The molecule has 2 aliphatic rings. The van der Waals surface area contributed by atoms with Crippen LogP contribution in [0.1, 0.15) is 32.1 Å². The fourth-order valence-electron chi connectivity index (χ4n) is 3.74. The number of para-hydroxylation sites is 1. The van der Waals surface area contributed by atoms with E-state index in [1.54, 1.807) is 12.1 Å². The van der Waals surface area contributed by atoms with Gasteiger partial charge in [-0.1, -0.05) is 31.0 Å². The third kappa shape index (κ3) is 2.83. The Morgan fingerprint density at radius 2 is 1.86 bits per heavy atom. The summed E-state index contributed by atoms with van der Waals surface area (Å²) in [7, 11) is 0. The highest BCUT2D eigenvalue weighted by molar-refractivity contribution is 5.82. The zero-order valence-corrected chi connectivity index (χ0v) is 12.3. The predicted molar refractivity (Wildman–Crippen MR) is 80.0 cm³/mol. The van der Waals surface area contributed by atoms with E-state index in [9.17, 15) is 9.90 Å². The molecule has 0 spiro atoms. The number of rotatable bonds is 4. The molecule has 1 saturated heterocycles. The Morgan fingerprint density at radius 1 is 1.14 bits per heavy atom. The van der Waals surface area contributed by atoms with Crippen LogP contribution in [0.4, 0.5) is 0 Å². The van der Waals surface area contributed by atoms with E-state index in [0.717, 1.165) is 38.6 Å². The van der Waals surface area contributed by atoms with Crippen LogP contribution in [0.2, 0.25) is 0 Å². The van der Waals surface area contributed by atoms with Gasteiger partial charge in [0.15, 0.2) is 5.60 Å². The molecule has 21 heavy (non-hydrogen) atoms. The number of aliphatic hydroxyl groups is 1. The Kier molecular flexibility index (Phi) is 4.27. The summed E-state index contributed by atoms with van der Waals surface area (Å²) in [6.45, 7) is 1.55. The maximum absolute atomic E-state index is 12.7. The minimum Gasteiger partial charge on any atom is -0.424 e. The highest BCUT2D eigenvalue weighted by Crippen LogP contribution is 2.41. The highest BCUT2D eigenvalue weighted by atomic mass is 16.6. The maximum atomic E-state index is 12.7. The molecule has 0 bridgehead atoms. The standard InChI is InChI=1S/C17H23NO3/c19-16(21-15-8-2-1-3-9-15)17(20,13-6-4-5-7-13)14-10-11-18-12-14/h1-3,8-9,13-14,18,20H,4-7,10-12H2/t14?,17-/m1/s1. The van der Waals surface area contributed by atoms with Crippen LogP contribution in [-0.2, 0) is 4.79 Å². The zero-order chi connectivity index (χ0) is 14.7. The van der Waals surface area contributed by atoms with Crippen LogP contribution in [0.5, 0.6) is 5.75 Å². The minimum atomic E-state index is -1.35. The van der Waals surface area contributed by atoms with Gasteiger partial charge in [0.25, 0.3) is 0 Å². The van der Waals surface area contributed by atoms with E-state index in [4.69, 9.17) is 4.74 Å². The van der Waals surface area contributed by atoms with Gasteiger partial charge in [-0.2, -0.15) is 0 Å². The Balaban J connectivity index is 1.82. The SMILES string of the molecule is O=C(Oc1ccccc1)[C@@](O)(C1CCCC1)C1CCNC1. The lowest BCUT2D eigenvalue weighted by atomic mass is 9.75. The van der Waals surface area contributed by atoms with Gasteiger partial charge in [0.05, 0.1) is 0 Å². The van der Waals surface area contributed by atoms with Crippen LogP contribution in [0, 0.1) is 11.8 Å². The second-order valence-corrected chi connectivity index (χ2v) is 6.20. The average molecular weight is 289 g/mol. The van der Waals surface area contributed by atoms with Gasteiger partial charge in [0.2, 0.25) is 0 Å². The van der Waals surface area contributed by atoms with Crippen molar-refractivity contribution in [1.82, 2.24) is 5.32 Å². The first-order valence-corrected chi connectivity index (χ1v) is 7.91. The smallest absolute Gasteiger partial charge is 0.344 e. The third-order valence-corrected chi connectivity index (χ3v) is 4.94. The van der Waals surface area contributed by atoms with Gasteiger partial charge in [-0.3, -0.25) is 0 Å². The van der Waals surface area contributed by atoms with Crippen molar-refractivity contribution in [3.8, 4) is 5.75 Å². The molecule has 1 aromatic carbocycles. The topological polar surface area (TPSA) is 58.6 Å². The molecule has 1 aromatic rings. The molecule has 1 aliphatic carbocycles. The van der Waals surface area contributed by atoms with Crippen molar-refractivity contribution in [1.29, 1.82) is 0 Å². The minimum absolute atomic E-state index is 0.0265. The molecular formula is C17H23NO3. The summed E-state index contributed by atoms with van der Waals surface area (Å²) in [5.74, 6) is 0.00889. The quantitative estimate of drug-likeness (QED) is 0.658. The lowest BCUT2D eigenvalue weighted by molar-refractivity contribution is -0.169. The van der Waals surface area contributed by atoms with Crippen molar-refractivity contribution in [2.24, 2.45) is 11.8 Å². The van der Waals surface area contributed by atoms with Crippen LogP contribution < -0.4 is 10.1 Å². The number of hydrogen-bond acceptors (Lipinski definition) is 4. The van der Waals surface area contributed by atoms with Gasteiger partial charge in [0, 0.05) is 12.5 Å². The van der Waals surface area contributed by atoms with Gasteiger partial charge in [-0.05, 0) is 43.9 Å². The Hall–Kier alpha value is -1.39. The van der Waals surface area contributed by atoms with Crippen LogP contribution >= 0.6 is 0 Å². The fraction of sp³-hybridized carbons (Fsp3) is 0.588. The second-order valence-electron chi connectivity index (χ2n) is 6.20. The molecule has 0 aromatic heterocycles. The molecule has 2 fully saturated rings. The Morgan fingerprint density at radius 3 is 2.48 bits per heavy atom. The summed E-state index contributed by atoms with van der Waals surface area (Å²) in [6.07, 6.45) is 4.84. The molecule has 2 N–H and O–H groups in total. The molecule has 0 radical (unpaired) electrons. The fourth-order valence-corrected chi connectivity index (χ4v) is 3.74. The number of esters is 1. The number of carbonyl (C=O) groups is 1. The van der Waals surface area contributed by atoms with E-state index in [-0.39, 0.29) is 11.8 Å². The van der Waals surface area contributed by atoms with Crippen molar-refractivity contribution in [2.75, 3.05) is 13.1 Å². The van der Waals surface area contributed by atoms with Crippen LogP contribution in [0.3, 0.4) is 0 Å². The summed E-state index contributed by atoms with van der Waals surface area (Å²) >= 11 is 0. The summed E-state index contributed by atoms with van der Waals surface area (Å²) in [5, 5.41) is 14.5. The zero-order valence-electron chi connectivity index (χ0n) is 12.3. The van der Waals surface area contributed by atoms with E-state index in [1.165, 1.54) is 0 Å². The molecule has 1 unspecified atom stereocenters. The molecular weight excluding hydrogens is 266 g/mol. The second kappa shape index (κ2) is 6.16. The van der Waals surface area contributed by atoms with Crippen molar-refractivity contribution < 1.29 is 14.6 Å². The summed E-state index contributed by atoms with van der Waals surface area (Å²) in [5.41, 5.74) is -1.35. The maximum Gasteiger partial charge on any atom is 0.344 e. The number of ether oxygens (including phenoxy) is 1. The molecule has 4 nitrogen and oxygen atoms in total. The third-order valence-electron chi connectivity index (χ3n) is 4.94. The van der Waals surface area contributed by atoms with Crippen molar-refractivity contribution >= 4 is 5.97 Å². The van der Waals surface area contributed by atoms with E-state index in [0.29, 0.717) is 12.3 Å². The van der Waals surface area contributed by atoms with Gasteiger partial charge in [-0.25, -0.2) is 4.79 Å². The molecule has 1 saturated carbocycles. The van der Waals surface area contributed by atoms with Crippen molar-refractivity contribution in [3.05, 3.63) is 30.3 Å². The molecule has 0 amide bonds. The van der Waals surface area contributed by atoms with E-state index >= 15 is 0 Å². The van der Waals surface area contributed by atoms with Crippen LogP contribution in [0.15, 0.2) is 30.3 Å². The normalized spacial score (nSPS) is 25.7. The van der Waals surface area contributed by atoms with Crippen LogP contribution in [-0.4, -0.2) is 29.8 Å². The molecule has 1 heterocycles. The highest BCUT2D eigenvalue weighted by Gasteiger charge is 2.52. The van der Waals surface area contributed by atoms with Gasteiger partial charge in [-0.15, -0.1) is 0 Å². The Bertz CT molecular complexity index is 460. The van der Waals surface area contributed by atoms with Crippen LogP contribution in [0.25, 0.3) is 0 Å². The van der Waals surface area contributed by atoms with Gasteiger partial charge in [0.1, 0.15) is 5.75 Å². The molecule has 1 aliphatic heterocycles. The monoisotopic (exact) mass is 289 g/mol. The number of nitrogens with one attached hydrogen (secondary N) is 1. The van der Waals surface area contributed by atoms with Crippen molar-refractivity contribution in [3.63, 3.8) is 0 Å². The first-order valence-electron chi connectivity index (χ1n) is 7.91. The predicted octanol–water partition coefficient (Wildman–Crippen LogP) is 2.12. The van der Waals surface area contributed by atoms with E-state index in [2.05, 4.69) is 5.32 Å². The lowest BCUT2D eigenvalue weighted by Crippen LogP contribution is -2.54. The summed E-state index contributed by atoms with van der Waals surface area (Å²) in [6, 6.07) is 9.03. The molecule has 114 valence electrons. The van der Waals surface area contributed by atoms with E-state index in [1.807, 2.05) is 18.2 Å². The largest absolute Gasteiger partial charge is 0.424 e. The summed E-state index contributed by atoms with van der Waals surface area (Å²) < 4.78 is 5.49.